The van der Waals surface area contributed by atoms with E-state index in [1.165, 1.54) is 0 Å². The lowest BCUT2D eigenvalue weighted by molar-refractivity contribution is 0.122. The summed E-state index contributed by atoms with van der Waals surface area (Å²) < 4.78 is 38.8. The van der Waals surface area contributed by atoms with E-state index < -0.39 is 17.7 Å². The molecule has 0 aromatic heterocycles. The predicted molar refractivity (Wildman–Crippen MR) is 89.6 cm³/mol. The molecule has 132 valence electrons. The van der Waals surface area contributed by atoms with E-state index in [1.54, 1.807) is 4.90 Å². The molecule has 0 bridgehead atoms. The Kier molecular flexibility index (Phi) is 5.45. The summed E-state index contributed by atoms with van der Waals surface area (Å²) in [6.45, 7) is 1.75. The van der Waals surface area contributed by atoms with Crippen LogP contribution < -0.4 is 10.2 Å². The van der Waals surface area contributed by atoms with Gasteiger partial charge in [0.25, 0.3) is 0 Å². The summed E-state index contributed by atoms with van der Waals surface area (Å²) in [5, 5.41) is 2.34. The van der Waals surface area contributed by atoms with Gasteiger partial charge in [-0.15, -0.1) is 0 Å². The maximum atomic E-state index is 14.3. The van der Waals surface area contributed by atoms with Gasteiger partial charge in [0.15, 0.2) is 11.6 Å². The molecular weight excluding hydrogens is 330 g/mol. The van der Waals surface area contributed by atoms with Gasteiger partial charge in [-0.3, -0.25) is 5.32 Å². The minimum atomic E-state index is -0.776. The number of nitrogens with zero attached hydrogens (tertiary/aromatic N) is 1. The highest BCUT2D eigenvalue weighted by Crippen LogP contribution is 2.27. The molecule has 0 spiro atoms. The van der Waals surface area contributed by atoms with Crippen molar-refractivity contribution in [1.29, 1.82) is 0 Å². The van der Waals surface area contributed by atoms with Crippen LogP contribution in [0.5, 0.6) is 0 Å². The van der Waals surface area contributed by atoms with Crippen LogP contribution in [0.3, 0.4) is 0 Å². The van der Waals surface area contributed by atoms with E-state index in [1.807, 2.05) is 30.3 Å². The quantitative estimate of drug-likeness (QED) is 0.918. The molecule has 5 nitrogen and oxygen atoms in total. The van der Waals surface area contributed by atoms with Crippen LogP contribution in [0.2, 0.25) is 0 Å². The van der Waals surface area contributed by atoms with Crippen LogP contribution >= 0.6 is 0 Å². The van der Waals surface area contributed by atoms with E-state index in [-0.39, 0.29) is 18.0 Å². The average Bonchev–Trinajstić information content (AvgIpc) is 2.61. The normalized spacial score (nSPS) is 14.2. The fourth-order valence-corrected chi connectivity index (χ4v) is 2.60. The lowest BCUT2D eigenvalue weighted by Gasteiger charge is -2.29. The Hall–Kier alpha value is -2.67. The number of nitrogens with one attached hydrogen (secondary N) is 1. The molecule has 0 saturated carbocycles. The van der Waals surface area contributed by atoms with E-state index in [4.69, 9.17) is 9.47 Å². The molecule has 1 heterocycles. The molecule has 1 saturated heterocycles. The SMILES string of the molecule is O=C(Nc1cc(F)c(N2CCOCC2)c(F)c1)OCc1ccccc1. The molecule has 2 aromatic rings. The number of halogens is 2. The molecular formula is C18H18F2N2O3. The molecule has 1 fully saturated rings. The number of anilines is 2. The van der Waals surface area contributed by atoms with Crippen LogP contribution in [0.4, 0.5) is 25.0 Å². The Labute approximate surface area is 144 Å². The van der Waals surface area contributed by atoms with Crippen LogP contribution in [0.15, 0.2) is 42.5 Å². The van der Waals surface area contributed by atoms with Crippen LogP contribution in [0, 0.1) is 11.6 Å². The van der Waals surface area contributed by atoms with Gasteiger partial charge >= 0.3 is 6.09 Å². The number of amides is 1. The van der Waals surface area contributed by atoms with Gasteiger partial charge in [0.05, 0.1) is 13.2 Å². The Bertz CT molecular complexity index is 711. The van der Waals surface area contributed by atoms with Crippen molar-refractivity contribution in [3.63, 3.8) is 0 Å². The minimum absolute atomic E-state index is 0.00470. The number of rotatable bonds is 4. The number of carbonyl (C=O) groups is 1. The van der Waals surface area contributed by atoms with Crippen molar-refractivity contribution in [3.8, 4) is 0 Å². The molecule has 1 N–H and O–H groups in total. The number of hydrogen-bond acceptors (Lipinski definition) is 4. The summed E-state index contributed by atoms with van der Waals surface area (Å²) in [6.07, 6.45) is -0.776. The first-order valence-electron chi connectivity index (χ1n) is 7.93. The van der Waals surface area contributed by atoms with Gasteiger partial charge in [0.1, 0.15) is 12.3 Å². The molecule has 0 unspecified atom stereocenters. The molecule has 25 heavy (non-hydrogen) atoms. The van der Waals surface area contributed by atoms with Crippen LogP contribution in [-0.2, 0) is 16.1 Å². The Balaban J connectivity index is 1.63. The van der Waals surface area contributed by atoms with Gasteiger partial charge in [0.2, 0.25) is 0 Å². The van der Waals surface area contributed by atoms with Crippen molar-refractivity contribution in [2.24, 2.45) is 0 Å². The molecule has 0 atom stereocenters. The summed E-state index contributed by atoms with van der Waals surface area (Å²) in [5.74, 6) is -1.47. The van der Waals surface area contributed by atoms with Crippen molar-refractivity contribution < 1.29 is 23.0 Å². The van der Waals surface area contributed by atoms with E-state index in [9.17, 15) is 13.6 Å². The molecule has 1 aliphatic rings. The van der Waals surface area contributed by atoms with E-state index in [0.717, 1.165) is 17.7 Å². The largest absolute Gasteiger partial charge is 0.444 e. The highest BCUT2D eigenvalue weighted by atomic mass is 19.1. The standard InChI is InChI=1S/C18H18F2N2O3/c19-15-10-14(11-16(20)17(15)22-6-8-24-9-7-22)21-18(23)25-12-13-4-2-1-3-5-13/h1-5,10-11H,6-9,12H2,(H,21,23). The van der Waals surface area contributed by atoms with Crippen molar-refractivity contribution >= 4 is 17.5 Å². The number of hydrogen-bond donors (Lipinski definition) is 1. The Morgan fingerprint density at radius 1 is 1.12 bits per heavy atom. The number of carbonyl (C=O) groups excluding carboxylic acids is 1. The minimum Gasteiger partial charge on any atom is -0.444 e. The first-order chi connectivity index (χ1) is 12.1. The molecule has 3 rings (SSSR count). The van der Waals surface area contributed by atoms with Gasteiger partial charge in [-0.1, -0.05) is 30.3 Å². The number of benzene rings is 2. The van der Waals surface area contributed by atoms with Crippen molar-refractivity contribution in [2.75, 3.05) is 36.5 Å². The number of ether oxygens (including phenoxy) is 2. The van der Waals surface area contributed by atoms with Gasteiger partial charge in [-0.2, -0.15) is 0 Å². The van der Waals surface area contributed by atoms with Crippen molar-refractivity contribution in [1.82, 2.24) is 0 Å². The van der Waals surface area contributed by atoms with E-state index in [0.29, 0.717) is 26.3 Å². The average molecular weight is 348 g/mol. The van der Waals surface area contributed by atoms with E-state index in [2.05, 4.69) is 5.32 Å². The molecule has 7 heteroatoms. The summed E-state index contributed by atoms with van der Waals surface area (Å²) in [5.41, 5.74) is 0.717. The number of morpholine rings is 1. The Morgan fingerprint density at radius 3 is 2.40 bits per heavy atom. The maximum Gasteiger partial charge on any atom is 0.411 e. The monoisotopic (exact) mass is 348 g/mol. The zero-order valence-corrected chi connectivity index (χ0v) is 13.5. The molecule has 2 aromatic carbocycles. The predicted octanol–water partition coefficient (Wildman–Crippen LogP) is 3.55. The van der Waals surface area contributed by atoms with Crippen LogP contribution in [-0.4, -0.2) is 32.4 Å². The summed E-state index contributed by atoms with van der Waals surface area (Å²) in [7, 11) is 0. The van der Waals surface area contributed by atoms with Crippen LogP contribution in [0.1, 0.15) is 5.56 Å². The first-order valence-corrected chi connectivity index (χ1v) is 7.93. The zero-order valence-electron chi connectivity index (χ0n) is 13.5. The fraction of sp³-hybridized carbons (Fsp3) is 0.278. The maximum absolute atomic E-state index is 14.3. The third-order valence-electron chi connectivity index (χ3n) is 3.80. The Morgan fingerprint density at radius 2 is 1.76 bits per heavy atom. The third-order valence-corrected chi connectivity index (χ3v) is 3.80. The van der Waals surface area contributed by atoms with Gasteiger partial charge < -0.3 is 14.4 Å². The van der Waals surface area contributed by atoms with E-state index >= 15 is 0 Å². The smallest absolute Gasteiger partial charge is 0.411 e. The third kappa shape index (κ3) is 4.45. The van der Waals surface area contributed by atoms with Crippen molar-refractivity contribution in [3.05, 3.63) is 59.7 Å². The van der Waals surface area contributed by atoms with Gasteiger partial charge in [-0.05, 0) is 17.7 Å². The second kappa shape index (κ2) is 7.94. The first kappa shape index (κ1) is 17.2. The lowest BCUT2D eigenvalue weighted by atomic mass is 10.2. The molecule has 1 aliphatic heterocycles. The summed E-state index contributed by atoms with van der Waals surface area (Å²) >= 11 is 0. The highest BCUT2D eigenvalue weighted by molar-refractivity contribution is 5.85. The zero-order chi connectivity index (χ0) is 17.6. The fourth-order valence-electron chi connectivity index (χ4n) is 2.60. The summed E-state index contributed by atoms with van der Waals surface area (Å²) in [4.78, 5) is 13.4. The lowest BCUT2D eigenvalue weighted by Crippen LogP contribution is -2.37. The highest BCUT2D eigenvalue weighted by Gasteiger charge is 2.20. The molecule has 0 radical (unpaired) electrons. The van der Waals surface area contributed by atoms with Gasteiger partial charge in [-0.25, -0.2) is 13.6 Å². The second-order valence-corrected chi connectivity index (χ2v) is 5.57. The molecule has 1 amide bonds. The van der Waals surface area contributed by atoms with Gasteiger partial charge in [0, 0.05) is 18.8 Å². The second-order valence-electron chi connectivity index (χ2n) is 5.57. The summed E-state index contributed by atoms with van der Waals surface area (Å²) in [6, 6.07) is 11.3. The topological polar surface area (TPSA) is 50.8 Å². The molecule has 0 aliphatic carbocycles. The van der Waals surface area contributed by atoms with Crippen LogP contribution in [0.25, 0.3) is 0 Å². The van der Waals surface area contributed by atoms with Crippen molar-refractivity contribution in [2.45, 2.75) is 6.61 Å².